The molecule has 1 atom stereocenters. The second-order valence-corrected chi connectivity index (χ2v) is 6.14. The van der Waals surface area contributed by atoms with E-state index in [1.165, 1.54) is 5.56 Å². The molecule has 0 aromatic heterocycles. The van der Waals surface area contributed by atoms with E-state index in [9.17, 15) is 9.59 Å². The summed E-state index contributed by atoms with van der Waals surface area (Å²) in [7, 11) is 0. The summed E-state index contributed by atoms with van der Waals surface area (Å²) < 4.78 is 4.98. The van der Waals surface area contributed by atoms with Gasteiger partial charge in [-0.05, 0) is 31.2 Å². The molecule has 2 rings (SSSR count). The van der Waals surface area contributed by atoms with Crippen molar-refractivity contribution in [3.63, 3.8) is 0 Å². The molecule has 1 saturated carbocycles. The molecule has 1 aromatic rings. The predicted octanol–water partition coefficient (Wildman–Crippen LogP) is 3.07. The van der Waals surface area contributed by atoms with Crippen molar-refractivity contribution in [1.82, 2.24) is 5.32 Å². The zero-order chi connectivity index (χ0) is 16.1. The first kappa shape index (κ1) is 16.7. The molecular weight excluding hydrogens is 278 g/mol. The molecule has 0 aliphatic heterocycles. The molecule has 0 bridgehead atoms. The standard InChI is InChI=1S/C18H25NO3/c1-4-22-17(20)11-16(19-15-9-10-15)18(21)14-7-5-13(6-8-14)12(2)3/h5-8,12,15-16,19H,4,9-11H2,1-3H3. The Kier molecular flexibility index (Phi) is 5.72. The van der Waals surface area contributed by atoms with Crippen LogP contribution in [0.5, 0.6) is 0 Å². The summed E-state index contributed by atoms with van der Waals surface area (Å²) in [5, 5.41) is 3.27. The van der Waals surface area contributed by atoms with Crippen molar-refractivity contribution in [3.8, 4) is 0 Å². The lowest BCUT2D eigenvalue weighted by atomic mass is 9.97. The Morgan fingerprint density at radius 3 is 2.36 bits per heavy atom. The third-order valence-electron chi connectivity index (χ3n) is 3.87. The van der Waals surface area contributed by atoms with Crippen molar-refractivity contribution < 1.29 is 14.3 Å². The Morgan fingerprint density at radius 1 is 1.23 bits per heavy atom. The number of hydrogen-bond acceptors (Lipinski definition) is 4. The van der Waals surface area contributed by atoms with E-state index in [1.54, 1.807) is 6.92 Å². The highest BCUT2D eigenvalue weighted by atomic mass is 16.5. The van der Waals surface area contributed by atoms with E-state index in [0.717, 1.165) is 12.8 Å². The minimum Gasteiger partial charge on any atom is -0.466 e. The Balaban J connectivity index is 2.07. The fraction of sp³-hybridized carbons (Fsp3) is 0.556. The summed E-state index contributed by atoms with van der Waals surface area (Å²) in [6.07, 6.45) is 2.23. The molecule has 22 heavy (non-hydrogen) atoms. The maximum absolute atomic E-state index is 12.7. The van der Waals surface area contributed by atoms with Gasteiger partial charge in [-0.2, -0.15) is 0 Å². The highest BCUT2D eigenvalue weighted by Crippen LogP contribution is 2.22. The van der Waals surface area contributed by atoms with E-state index >= 15 is 0 Å². The SMILES string of the molecule is CCOC(=O)CC(NC1CC1)C(=O)c1ccc(C(C)C)cc1. The molecule has 120 valence electrons. The summed E-state index contributed by atoms with van der Waals surface area (Å²) in [5.74, 6) is 0.0760. The van der Waals surface area contributed by atoms with Gasteiger partial charge in [-0.1, -0.05) is 38.1 Å². The highest BCUT2D eigenvalue weighted by Gasteiger charge is 2.30. The zero-order valence-corrected chi connectivity index (χ0v) is 13.6. The molecular formula is C18H25NO3. The van der Waals surface area contributed by atoms with E-state index in [0.29, 0.717) is 24.1 Å². The van der Waals surface area contributed by atoms with Gasteiger partial charge >= 0.3 is 5.97 Å². The Hall–Kier alpha value is -1.68. The number of nitrogens with one attached hydrogen (secondary N) is 1. The maximum Gasteiger partial charge on any atom is 0.307 e. The molecule has 1 unspecified atom stereocenters. The van der Waals surface area contributed by atoms with Crippen LogP contribution in [0.15, 0.2) is 24.3 Å². The summed E-state index contributed by atoms with van der Waals surface area (Å²) in [6.45, 7) is 6.35. The molecule has 0 saturated heterocycles. The Bertz CT molecular complexity index is 518. The number of esters is 1. The lowest BCUT2D eigenvalue weighted by Gasteiger charge is -2.17. The topological polar surface area (TPSA) is 55.4 Å². The summed E-state index contributed by atoms with van der Waals surface area (Å²) in [4.78, 5) is 24.4. The molecule has 0 amide bonds. The summed E-state index contributed by atoms with van der Waals surface area (Å²) in [5.41, 5.74) is 1.85. The second kappa shape index (κ2) is 7.54. The van der Waals surface area contributed by atoms with Crippen molar-refractivity contribution in [2.24, 2.45) is 0 Å². The van der Waals surface area contributed by atoms with Crippen LogP contribution in [-0.2, 0) is 9.53 Å². The first-order valence-corrected chi connectivity index (χ1v) is 8.07. The zero-order valence-electron chi connectivity index (χ0n) is 13.6. The lowest BCUT2D eigenvalue weighted by molar-refractivity contribution is -0.143. The molecule has 1 aliphatic rings. The molecule has 4 nitrogen and oxygen atoms in total. The largest absolute Gasteiger partial charge is 0.466 e. The van der Waals surface area contributed by atoms with Crippen LogP contribution in [-0.4, -0.2) is 30.4 Å². The van der Waals surface area contributed by atoms with Crippen molar-refractivity contribution in [2.75, 3.05) is 6.61 Å². The minimum atomic E-state index is -0.489. The van der Waals surface area contributed by atoms with E-state index in [1.807, 2.05) is 24.3 Å². The quantitative estimate of drug-likeness (QED) is 0.592. The van der Waals surface area contributed by atoms with Gasteiger partial charge in [-0.25, -0.2) is 0 Å². The van der Waals surface area contributed by atoms with Gasteiger partial charge in [0.2, 0.25) is 0 Å². The number of benzene rings is 1. The Labute approximate surface area is 132 Å². The van der Waals surface area contributed by atoms with Crippen LogP contribution in [0, 0.1) is 0 Å². The molecule has 1 aliphatic carbocycles. The smallest absolute Gasteiger partial charge is 0.307 e. The van der Waals surface area contributed by atoms with Gasteiger partial charge in [0.05, 0.1) is 19.1 Å². The van der Waals surface area contributed by atoms with Crippen molar-refractivity contribution >= 4 is 11.8 Å². The number of ether oxygens (including phenoxy) is 1. The van der Waals surface area contributed by atoms with Gasteiger partial charge in [-0.15, -0.1) is 0 Å². The lowest BCUT2D eigenvalue weighted by Crippen LogP contribution is -2.40. The third-order valence-corrected chi connectivity index (χ3v) is 3.87. The van der Waals surface area contributed by atoms with Gasteiger partial charge < -0.3 is 10.1 Å². The predicted molar refractivity (Wildman–Crippen MR) is 86.1 cm³/mol. The first-order valence-electron chi connectivity index (χ1n) is 8.07. The first-order chi connectivity index (χ1) is 10.5. The van der Waals surface area contributed by atoms with Crippen LogP contribution >= 0.6 is 0 Å². The number of rotatable bonds is 8. The average molecular weight is 303 g/mol. The van der Waals surface area contributed by atoms with Gasteiger partial charge in [0.25, 0.3) is 0 Å². The molecule has 0 spiro atoms. The van der Waals surface area contributed by atoms with E-state index in [4.69, 9.17) is 4.74 Å². The molecule has 0 heterocycles. The molecule has 0 radical (unpaired) electrons. The van der Waals surface area contributed by atoms with Gasteiger partial charge in [0.1, 0.15) is 0 Å². The van der Waals surface area contributed by atoms with Crippen LogP contribution in [0.2, 0.25) is 0 Å². The summed E-state index contributed by atoms with van der Waals surface area (Å²) >= 11 is 0. The second-order valence-electron chi connectivity index (χ2n) is 6.14. The molecule has 1 fully saturated rings. The fourth-order valence-corrected chi connectivity index (χ4v) is 2.38. The monoisotopic (exact) mass is 303 g/mol. The van der Waals surface area contributed by atoms with Crippen LogP contribution in [0.1, 0.15) is 61.9 Å². The maximum atomic E-state index is 12.7. The van der Waals surface area contributed by atoms with Crippen molar-refractivity contribution in [1.29, 1.82) is 0 Å². The number of Topliss-reactive ketones (excluding diaryl/α,β-unsaturated/α-hetero) is 1. The third kappa shape index (κ3) is 4.67. The summed E-state index contributed by atoms with van der Waals surface area (Å²) in [6, 6.07) is 7.54. The van der Waals surface area contributed by atoms with E-state index < -0.39 is 6.04 Å². The normalized spacial score (nSPS) is 15.6. The molecule has 1 aromatic carbocycles. The van der Waals surface area contributed by atoms with Crippen LogP contribution in [0.4, 0.5) is 0 Å². The number of carbonyl (C=O) groups is 2. The fourth-order valence-electron chi connectivity index (χ4n) is 2.38. The average Bonchev–Trinajstić information content (AvgIpc) is 3.30. The van der Waals surface area contributed by atoms with Gasteiger partial charge in [0, 0.05) is 11.6 Å². The van der Waals surface area contributed by atoms with E-state index in [-0.39, 0.29) is 18.2 Å². The minimum absolute atomic E-state index is 0.0322. The van der Waals surface area contributed by atoms with Crippen LogP contribution in [0.25, 0.3) is 0 Å². The Morgan fingerprint density at radius 2 is 1.86 bits per heavy atom. The van der Waals surface area contributed by atoms with Crippen LogP contribution in [0.3, 0.4) is 0 Å². The van der Waals surface area contributed by atoms with Crippen molar-refractivity contribution in [3.05, 3.63) is 35.4 Å². The number of hydrogen-bond donors (Lipinski definition) is 1. The number of carbonyl (C=O) groups excluding carboxylic acids is 2. The van der Waals surface area contributed by atoms with Gasteiger partial charge in [-0.3, -0.25) is 9.59 Å². The van der Waals surface area contributed by atoms with E-state index in [2.05, 4.69) is 19.2 Å². The molecule has 1 N–H and O–H groups in total. The van der Waals surface area contributed by atoms with Crippen LogP contribution < -0.4 is 5.32 Å². The number of ketones is 1. The van der Waals surface area contributed by atoms with Gasteiger partial charge in [0.15, 0.2) is 5.78 Å². The molecule has 4 heteroatoms. The van der Waals surface area contributed by atoms with Crippen molar-refractivity contribution in [2.45, 2.75) is 58.0 Å². The highest BCUT2D eigenvalue weighted by molar-refractivity contribution is 6.01.